The van der Waals surface area contributed by atoms with Gasteiger partial charge in [0.15, 0.2) is 0 Å². The Hall–Kier alpha value is -2.61. The number of anilines is 1. The Morgan fingerprint density at radius 3 is 2.64 bits per heavy atom. The Bertz CT molecular complexity index is 885. The Morgan fingerprint density at radius 2 is 2.00 bits per heavy atom. The number of hydrogen-bond donors (Lipinski definition) is 0. The number of hydrogen-bond acceptors (Lipinski definition) is 4. The number of carbonyl (C=O) groups is 1. The van der Waals surface area contributed by atoms with Gasteiger partial charge in [0.05, 0.1) is 10.6 Å². The SMILES string of the molecule is CN(C)c1ccc(/C=C/C=C/C=C(\C#N)C(=O)c2cccc(Cl)c2)s1. The van der Waals surface area contributed by atoms with Crippen LogP contribution in [-0.4, -0.2) is 19.9 Å². The van der Waals surface area contributed by atoms with Crippen molar-refractivity contribution in [1.29, 1.82) is 5.26 Å². The molecule has 0 aliphatic rings. The van der Waals surface area contributed by atoms with Crippen molar-refractivity contribution in [2.24, 2.45) is 0 Å². The van der Waals surface area contributed by atoms with Crippen molar-refractivity contribution < 1.29 is 4.79 Å². The summed E-state index contributed by atoms with van der Waals surface area (Å²) in [5.74, 6) is -0.340. The molecule has 0 radical (unpaired) electrons. The summed E-state index contributed by atoms with van der Waals surface area (Å²) < 4.78 is 0. The molecule has 0 unspecified atom stereocenters. The molecule has 0 fully saturated rings. The fourth-order valence-corrected chi connectivity index (χ4v) is 3.02. The molecule has 0 spiro atoms. The van der Waals surface area contributed by atoms with Crippen molar-refractivity contribution >= 4 is 39.8 Å². The highest BCUT2D eigenvalue weighted by Gasteiger charge is 2.11. The van der Waals surface area contributed by atoms with Crippen LogP contribution in [0.5, 0.6) is 0 Å². The summed E-state index contributed by atoms with van der Waals surface area (Å²) in [5, 5.41) is 10.8. The molecule has 0 bridgehead atoms. The lowest BCUT2D eigenvalue weighted by Crippen LogP contribution is -2.05. The molecule has 2 rings (SSSR count). The monoisotopic (exact) mass is 368 g/mol. The van der Waals surface area contributed by atoms with Crippen LogP contribution in [0.2, 0.25) is 5.02 Å². The highest BCUT2D eigenvalue weighted by molar-refractivity contribution is 7.16. The van der Waals surface area contributed by atoms with Crippen LogP contribution in [0, 0.1) is 11.3 Å². The van der Waals surface area contributed by atoms with Crippen molar-refractivity contribution in [3.05, 3.63) is 81.7 Å². The first-order chi connectivity index (χ1) is 12.0. The number of nitriles is 1. The van der Waals surface area contributed by atoms with E-state index in [9.17, 15) is 10.1 Å². The number of rotatable bonds is 6. The fraction of sp³-hybridized carbons (Fsp3) is 0.100. The van der Waals surface area contributed by atoms with Gasteiger partial charge in [-0.15, -0.1) is 11.3 Å². The summed E-state index contributed by atoms with van der Waals surface area (Å²) in [5.41, 5.74) is 0.469. The minimum absolute atomic E-state index is 0.0675. The van der Waals surface area contributed by atoms with E-state index in [0.717, 1.165) is 4.88 Å². The van der Waals surface area contributed by atoms with E-state index in [1.54, 1.807) is 47.8 Å². The molecule has 0 amide bonds. The third-order valence-electron chi connectivity index (χ3n) is 3.25. The first-order valence-corrected chi connectivity index (χ1v) is 8.73. The van der Waals surface area contributed by atoms with Gasteiger partial charge >= 0.3 is 0 Å². The van der Waals surface area contributed by atoms with E-state index >= 15 is 0 Å². The molecule has 1 aromatic heterocycles. The van der Waals surface area contributed by atoms with E-state index in [4.69, 9.17) is 11.6 Å². The number of allylic oxidation sites excluding steroid dienone is 5. The van der Waals surface area contributed by atoms with Crippen LogP contribution in [0.1, 0.15) is 15.2 Å². The molecule has 1 aromatic carbocycles. The molecule has 0 N–H and O–H groups in total. The maximum Gasteiger partial charge on any atom is 0.203 e. The lowest BCUT2D eigenvalue weighted by atomic mass is 10.0. The maximum absolute atomic E-state index is 12.3. The van der Waals surface area contributed by atoms with Crippen molar-refractivity contribution in [2.75, 3.05) is 19.0 Å². The van der Waals surface area contributed by atoms with Gasteiger partial charge in [0.1, 0.15) is 6.07 Å². The second-order valence-electron chi connectivity index (χ2n) is 5.35. The van der Waals surface area contributed by atoms with Crippen LogP contribution in [0.25, 0.3) is 6.08 Å². The van der Waals surface area contributed by atoms with Crippen LogP contribution in [0.4, 0.5) is 5.00 Å². The Labute approximate surface area is 156 Å². The lowest BCUT2D eigenvalue weighted by Gasteiger charge is -2.06. The summed E-state index contributed by atoms with van der Waals surface area (Å²) in [6, 6.07) is 12.6. The first-order valence-electron chi connectivity index (χ1n) is 7.54. The van der Waals surface area contributed by atoms with E-state index in [-0.39, 0.29) is 11.4 Å². The maximum atomic E-state index is 12.3. The molecular weight excluding hydrogens is 352 g/mol. The Morgan fingerprint density at radius 1 is 1.20 bits per heavy atom. The van der Waals surface area contributed by atoms with Gasteiger partial charge < -0.3 is 4.90 Å². The molecule has 3 nitrogen and oxygen atoms in total. The van der Waals surface area contributed by atoms with Gasteiger partial charge in [0, 0.05) is 29.6 Å². The molecule has 5 heteroatoms. The summed E-state index contributed by atoms with van der Waals surface area (Å²) in [6.45, 7) is 0. The highest BCUT2D eigenvalue weighted by Crippen LogP contribution is 2.25. The fourth-order valence-electron chi connectivity index (χ4n) is 1.99. The topological polar surface area (TPSA) is 44.1 Å². The van der Waals surface area contributed by atoms with Crippen molar-refractivity contribution in [3.63, 3.8) is 0 Å². The van der Waals surface area contributed by atoms with Gasteiger partial charge in [0.2, 0.25) is 5.78 Å². The number of ketones is 1. The number of benzene rings is 1. The van der Waals surface area contributed by atoms with Crippen molar-refractivity contribution in [3.8, 4) is 6.07 Å². The molecule has 1 heterocycles. The third-order valence-corrected chi connectivity index (χ3v) is 4.70. The molecule has 126 valence electrons. The number of carbonyl (C=O) groups excluding carboxylic acids is 1. The summed E-state index contributed by atoms with van der Waals surface area (Å²) >= 11 is 7.57. The van der Waals surface area contributed by atoms with Gasteiger partial charge in [-0.2, -0.15) is 5.26 Å². The minimum Gasteiger partial charge on any atom is -0.370 e. The van der Waals surface area contributed by atoms with Crippen molar-refractivity contribution in [1.82, 2.24) is 0 Å². The number of halogens is 1. The molecule has 0 aliphatic heterocycles. The third kappa shape index (κ3) is 5.46. The summed E-state index contributed by atoms with van der Waals surface area (Å²) in [6.07, 6.45) is 8.83. The molecule has 25 heavy (non-hydrogen) atoms. The zero-order chi connectivity index (χ0) is 18.2. The van der Waals surface area contributed by atoms with Gasteiger partial charge in [-0.05, 0) is 36.4 Å². The lowest BCUT2D eigenvalue weighted by molar-refractivity contribution is 0.103. The average Bonchev–Trinajstić information content (AvgIpc) is 3.07. The van der Waals surface area contributed by atoms with Gasteiger partial charge in [-0.1, -0.05) is 42.0 Å². The molecule has 0 aliphatic carbocycles. The summed E-state index contributed by atoms with van der Waals surface area (Å²) in [7, 11) is 4.01. The first kappa shape index (κ1) is 18.7. The molecular formula is C20H17ClN2OS. The quantitative estimate of drug-likeness (QED) is 0.298. The normalized spacial score (nSPS) is 11.8. The standard InChI is InChI=1S/C20H17ClN2OS/c1-23(2)19-12-11-18(25-19)10-5-3-4-7-16(14-22)20(24)15-8-6-9-17(21)13-15/h3-13H,1-2H3/b4-3+,10-5+,16-7+. The summed E-state index contributed by atoms with van der Waals surface area (Å²) in [4.78, 5) is 15.5. The van der Waals surface area contributed by atoms with Gasteiger partial charge in [0.25, 0.3) is 0 Å². The second-order valence-corrected chi connectivity index (χ2v) is 6.88. The van der Waals surface area contributed by atoms with E-state index in [1.165, 1.54) is 11.1 Å². The highest BCUT2D eigenvalue weighted by atomic mass is 35.5. The van der Waals surface area contributed by atoms with Crippen LogP contribution in [0.3, 0.4) is 0 Å². The minimum atomic E-state index is -0.340. The zero-order valence-electron chi connectivity index (χ0n) is 13.9. The van der Waals surface area contributed by atoms with E-state index in [0.29, 0.717) is 10.6 Å². The van der Waals surface area contributed by atoms with Crippen LogP contribution >= 0.6 is 22.9 Å². The Balaban J connectivity index is 2.04. The van der Waals surface area contributed by atoms with Crippen LogP contribution in [-0.2, 0) is 0 Å². The predicted octanol–water partition coefficient (Wildman–Crippen LogP) is 5.37. The molecule has 0 atom stereocenters. The van der Waals surface area contributed by atoms with Crippen LogP contribution in [0.15, 0.2) is 66.3 Å². The number of Topliss-reactive ketones (excluding diaryl/α,β-unsaturated/α-hetero) is 1. The largest absolute Gasteiger partial charge is 0.370 e. The van der Waals surface area contributed by atoms with Gasteiger partial charge in [-0.3, -0.25) is 4.79 Å². The predicted molar refractivity (Wildman–Crippen MR) is 106 cm³/mol. The van der Waals surface area contributed by atoms with Gasteiger partial charge in [-0.25, -0.2) is 0 Å². The molecule has 2 aromatic rings. The van der Waals surface area contributed by atoms with E-state index in [2.05, 4.69) is 11.0 Å². The van der Waals surface area contributed by atoms with E-state index < -0.39 is 0 Å². The second kappa shape index (κ2) is 9.03. The van der Waals surface area contributed by atoms with E-state index in [1.807, 2.05) is 38.4 Å². The smallest absolute Gasteiger partial charge is 0.203 e. The average molecular weight is 369 g/mol. The number of nitrogens with zero attached hydrogens (tertiary/aromatic N) is 2. The Kier molecular flexibility index (Phi) is 6.76. The molecule has 0 saturated heterocycles. The zero-order valence-corrected chi connectivity index (χ0v) is 15.5. The molecule has 0 saturated carbocycles. The number of thiophene rings is 1. The van der Waals surface area contributed by atoms with Crippen molar-refractivity contribution in [2.45, 2.75) is 0 Å². The van der Waals surface area contributed by atoms with Crippen LogP contribution < -0.4 is 4.90 Å².